The van der Waals surface area contributed by atoms with E-state index >= 15 is 0 Å². The van der Waals surface area contributed by atoms with E-state index < -0.39 is 0 Å². The lowest BCUT2D eigenvalue weighted by Gasteiger charge is -2.03. The van der Waals surface area contributed by atoms with Gasteiger partial charge in [0.05, 0.1) is 5.03 Å². The number of hydrogen-bond acceptors (Lipinski definition) is 3. The summed E-state index contributed by atoms with van der Waals surface area (Å²) in [6, 6.07) is 4.27. The van der Waals surface area contributed by atoms with Crippen LogP contribution in [0.2, 0.25) is 0 Å². The first-order valence-corrected chi connectivity index (χ1v) is 6.63. The Hall–Kier alpha value is -0.540. The summed E-state index contributed by atoms with van der Waals surface area (Å²) in [5.41, 5.74) is 1.26. The Labute approximate surface area is 96.9 Å². The second kappa shape index (κ2) is 7.71. The largest absolute Gasteiger partial charge is 0.313 e. The summed E-state index contributed by atoms with van der Waals surface area (Å²) in [5.74, 6) is 1.18. The fourth-order valence-corrected chi connectivity index (χ4v) is 2.12. The fourth-order valence-electron chi connectivity index (χ4n) is 1.19. The van der Waals surface area contributed by atoms with Gasteiger partial charge >= 0.3 is 0 Å². The summed E-state index contributed by atoms with van der Waals surface area (Å²) >= 11 is 1.85. The molecule has 0 aliphatic rings. The smallest absolute Gasteiger partial charge is 0.0960 e. The van der Waals surface area contributed by atoms with Crippen molar-refractivity contribution >= 4 is 11.8 Å². The molecule has 15 heavy (non-hydrogen) atoms. The van der Waals surface area contributed by atoms with Crippen LogP contribution in [0.1, 0.15) is 32.3 Å². The minimum Gasteiger partial charge on any atom is -0.313 e. The number of aromatic nitrogens is 1. The minimum atomic E-state index is 0.920. The van der Waals surface area contributed by atoms with E-state index in [1.54, 1.807) is 0 Å². The van der Waals surface area contributed by atoms with Gasteiger partial charge in [-0.15, -0.1) is 11.8 Å². The van der Waals surface area contributed by atoms with Gasteiger partial charge in [0.1, 0.15) is 0 Å². The standard InChI is InChI=1S/C12H20N2S/c1-3-5-8-15-12-7-6-11(10-14-12)9-13-4-2/h6-7,10,13H,3-5,8-9H2,1-2H3. The zero-order valence-electron chi connectivity index (χ0n) is 9.62. The van der Waals surface area contributed by atoms with Gasteiger partial charge in [-0.3, -0.25) is 0 Å². The van der Waals surface area contributed by atoms with Crippen molar-refractivity contribution in [1.82, 2.24) is 10.3 Å². The molecule has 0 unspecified atom stereocenters. The summed E-state index contributed by atoms with van der Waals surface area (Å²) in [6.45, 7) is 6.26. The third-order valence-electron chi connectivity index (χ3n) is 2.12. The molecule has 0 radical (unpaired) electrons. The van der Waals surface area contributed by atoms with Crippen molar-refractivity contribution in [2.24, 2.45) is 0 Å². The Morgan fingerprint density at radius 3 is 2.80 bits per heavy atom. The normalized spacial score (nSPS) is 10.5. The number of pyridine rings is 1. The van der Waals surface area contributed by atoms with Crippen molar-refractivity contribution in [3.05, 3.63) is 23.9 Å². The molecular weight excluding hydrogens is 204 g/mol. The Kier molecular flexibility index (Phi) is 6.44. The Morgan fingerprint density at radius 2 is 2.20 bits per heavy atom. The molecule has 2 nitrogen and oxygen atoms in total. The molecule has 1 aromatic rings. The topological polar surface area (TPSA) is 24.9 Å². The average molecular weight is 224 g/mol. The quantitative estimate of drug-likeness (QED) is 0.569. The van der Waals surface area contributed by atoms with Crippen LogP contribution in [0, 0.1) is 0 Å². The lowest BCUT2D eigenvalue weighted by molar-refractivity contribution is 0.723. The van der Waals surface area contributed by atoms with E-state index in [1.807, 2.05) is 18.0 Å². The van der Waals surface area contributed by atoms with E-state index in [0.717, 1.165) is 18.1 Å². The number of unbranched alkanes of at least 4 members (excludes halogenated alkanes) is 1. The van der Waals surface area contributed by atoms with Crippen molar-refractivity contribution in [1.29, 1.82) is 0 Å². The van der Waals surface area contributed by atoms with Crippen molar-refractivity contribution in [2.45, 2.75) is 38.3 Å². The van der Waals surface area contributed by atoms with Crippen LogP contribution in [0.15, 0.2) is 23.4 Å². The van der Waals surface area contributed by atoms with Crippen molar-refractivity contribution in [3.8, 4) is 0 Å². The van der Waals surface area contributed by atoms with Gasteiger partial charge in [0.15, 0.2) is 0 Å². The Morgan fingerprint density at radius 1 is 1.33 bits per heavy atom. The van der Waals surface area contributed by atoms with Gasteiger partial charge in [-0.2, -0.15) is 0 Å². The van der Waals surface area contributed by atoms with Crippen molar-refractivity contribution in [3.63, 3.8) is 0 Å². The number of nitrogens with one attached hydrogen (secondary N) is 1. The lowest BCUT2D eigenvalue weighted by Crippen LogP contribution is -2.11. The maximum atomic E-state index is 4.43. The number of nitrogens with zero attached hydrogens (tertiary/aromatic N) is 1. The van der Waals surface area contributed by atoms with Crippen molar-refractivity contribution in [2.75, 3.05) is 12.3 Å². The van der Waals surface area contributed by atoms with Crippen LogP contribution in [0.25, 0.3) is 0 Å². The monoisotopic (exact) mass is 224 g/mol. The molecule has 3 heteroatoms. The first-order chi connectivity index (χ1) is 7.36. The van der Waals surface area contributed by atoms with Crippen LogP contribution >= 0.6 is 11.8 Å². The van der Waals surface area contributed by atoms with Crippen LogP contribution < -0.4 is 5.32 Å². The molecule has 0 bridgehead atoms. The molecule has 0 spiro atoms. The molecule has 0 aliphatic heterocycles. The predicted octanol–water partition coefficient (Wildman–Crippen LogP) is 3.08. The van der Waals surface area contributed by atoms with Crippen LogP contribution in [0.3, 0.4) is 0 Å². The summed E-state index contributed by atoms with van der Waals surface area (Å²) in [7, 11) is 0. The second-order valence-electron chi connectivity index (χ2n) is 3.49. The Bertz CT molecular complexity index is 259. The fraction of sp³-hybridized carbons (Fsp3) is 0.583. The van der Waals surface area contributed by atoms with E-state index in [4.69, 9.17) is 0 Å². The molecule has 0 aliphatic carbocycles. The van der Waals surface area contributed by atoms with Gasteiger partial charge in [-0.1, -0.05) is 26.3 Å². The summed E-state index contributed by atoms with van der Waals surface area (Å²) in [5, 5.41) is 4.43. The second-order valence-corrected chi connectivity index (χ2v) is 4.60. The van der Waals surface area contributed by atoms with Gasteiger partial charge in [0.2, 0.25) is 0 Å². The highest BCUT2D eigenvalue weighted by atomic mass is 32.2. The molecule has 0 atom stereocenters. The summed E-state index contributed by atoms with van der Waals surface area (Å²) in [6.07, 6.45) is 4.49. The Balaban J connectivity index is 2.35. The minimum absolute atomic E-state index is 0.920. The molecule has 0 aromatic carbocycles. The zero-order valence-corrected chi connectivity index (χ0v) is 10.4. The highest BCUT2D eigenvalue weighted by Gasteiger charge is 1.96. The third kappa shape index (κ3) is 5.19. The van der Waals surface area contributed by atoms with Crippen LogP contribution in [-0.4, -0.2) is 17.3 Å². The molecule has 0 saturated carbocycles. The number of hydrogen-bond donors (Lipinski definition) is 1. The maximum absolute atomic E-state index is 4.43. The van der Waals surface area contributed by atoms with E-state index in [1.165, 1.54) is 24.2 Å². The molecular formula is C12H20N2S. The van der Waals surface area contributed by atoms with Gasteiger partial charge in [-0.25, -0.2) is 4.98 Å². The lowest BCUT2D eigenvalue weighted by atomic mass is 10.3. The van der Waals surface area contributed by atoms with Crippen LogP contribution in [-0.2, 0) is 6.54 Å². The third-order valence-corrected chi connectivity index (χ3v) is 3.15. The molecule has 84 valence electrons. The SMILES string of the molecule is CCCCSc1ccc(CNCC)cn1. The first-order valence-electron chi connectivity index (χ1n) is 5.65. The summed E-state index contributed by atoms with van der Waals surface area (Å²) in [4.78, 5) is 4.43. The first kappa shape index (κ1) is 12.5. The van der Waals surface area contributed by atoms with Gasteiger partial charge < -0.3 is 5.32 Å². The van der Waals surface area contributed by atoms with E-state index in [2.05, 4.69) is 36.3 Å². The predicted molar refractivity (Wildman–Crippen MR) is 67.2 cm³/mol. The van der Waals surface area contributed by atoms with E-state index in [9.17, 15) is 0 Å². The zero-order chi connectivity index (χ0) is 10.9. The summed E-state index contributed by atoms with van der Waals surface area (Å²) < 4.78 is 0. The van der Waals surface area contributed by atoms with Crippen molar-refractivity contribution < 1.29 is 0 Å². The average Bonchev–Trinajstić information content (AvgIpc) is 2.28. The maximum Gasteiger partial charge on any atom is 0.0960 e. The molecule has 0 amide bonds. The van der Waals surface area contributed by atoms with Gasteiger partial charge in [0.25, 0.3) is 0 Å². The van der Waals surface area contributed by atoms with Crippen LogP contribution in [0.5, 0.6) is 0 Å². The number of thioether (sulfide) groups is 1. The van der Waals surface area contributed by atoms with Gasteiger partial charge in [0, 0.05) is 12.7 Å². The van der Waals surface area contributed by atoms with E-state index in [-0.39, 0.29) is 0 Å². The number of rotatable bonds is 7. The molecule has 0 fully saturated rings. The molecule has 1 N–H and O–H groups in total. The molecule has 1 heterocycles. The highest BCUT2D eigenvalue weighted by Crippen LogP contribution is 2.16. The highest BCUT2D eigenvalue weighted by molar-refractivity contribution is 7.99. The molecule has 0 saturated heterocycles. The molecule has 1 aromatic heterocycles. The van der Waals surface area contributed by atoms with E-state index in [0.29, 0.717) is 0 Å². The van der Waals surface area contributed by atoms with Crippen LogP contribution in [0.4, 0.5) is 0 Å². The van der Waals surface area contributed by atoms with Gasteiger partial charge in [-0.05, 0) is 30.3 Å². The molecule has 1 rings (SSSR count).